The summed E-state index contributed by atoms with van der Waals surface area (Å²) in [4.78, 5) is 55.5. The highest BCUT2D eigenvalue weighted by molar-refractivity contribution is 5.91. The number of carbonyl (C=O) groups excluding carboxylic acids is 4. The second-order valence-corrected chi connectivity index (χ2v) is 3.80. The molecule has 0 unspecified atom stereocenters. The Morgan fingerprint density at radius 3 is 2.10 bits per heavy atom. The summed E-state index contributed by atoms with van der Waals surface area (Å²) in [5, 5.41) is 13.0. The van der Waals surface area contributed by atoms with Crippen LogP contribution in [0.15, 0.2) is 0 Å². The molecule has 4 amide bonds. The highest BCUT2D eigenvalue weighted by atomic mass is 16.4. The van der Waals surface area contributed by atoms with Gasteiger partial charge in [0.05, 0.1) is 13.1 Å². The average molecular weight is 288 g/mol. The Morgan fingerprint density at radius 1 is 1.05 bits per heavy atom. The third-order valence-corrected chi connectivity index (χ3v) is 1.96. The van der Waals surface area contributed by atoms with Gasteiger partial charge < -0.3 is 26.4 Å². The first-order chi connectivity index (χ1) is 9.22. The Labute approximate surface area is 114 Å². The molecule has 0 aliphatic heterocycles. The van der Waals surface area contributed by atoms with Crippen molar-refractivity contribution in [3.8, 4) is 0 Å². The Balaban J connectivity index is 4.50. The van der Waals surface area contributed by atoms with Crippen LogP contribution in [0.2, 0.25) is 0 Å². The van der Waals surface area contributed by atoms with Gasteiger partial charge in [-0.1, -0.05) is 0 Å². The smallest absolute Gasteiger partial charge is 0.323 e. The summed E-state index contributed by atoms with van der Waals surface area (Å²) in [5.74, 6) is -4.03. The van der Waals surface area contributed by atoms with Gasteiger partial charge >= 0.3 is 5.97 Å². The van der Waals surface area contributed by atoms with E-state index in [-0.39, 0.29) is 0 Å². The maximum absolute atomic E-state index is 11.6. The van der Waals surface area contributed by atoms with Crippen molar-refractivity contribution in [2.75, 3.05) is 26.2 Å². The molecule has 0 fully saturated rings. The van der Waals surface area contributed by atoms with Crippen molar-refractivity contribution in [3.63, 3.8) is 0 Å². The Morgan fingerprint density at radius 2 is 1.65 bits per heavy atom. The second kappa shape index (κ2) is 8.45. The van der Waals surface area contributed by atoms with Gasteiger partial charge in [0.1, 0.15) is 13.1 Å². The number of nitrogens with zero attached hydrogens (tertiary/aromatic N) is 1. The maximum atomic E-state index is 11.6. The van der Waals surface area contributed by atoms with E-state index in [0.717, 1.165) is 4.90 Å². The Hall–Kier alpha value is -2.65. The number of amides is 4. The lowest BCUT2D eigenvalue weighted by molar-refractivity contribution is -0.145. The fourth-order valence-electron chi connectivity index (χ4n) is 1.12. The molecule has 0 radical (unpaired) electrons. The van der Waals surface area contributed by atoms with Crippen LogP contribution in [-0.2, 0) is 24.0 Å². The zero-order valence-electron chi connectivity index (χ0n) is 10.8. The zero-order chi connectivity index (χ0) is 15.7. The van der Waals surface area contributed by atoms with Crippen LogP contribution in [0, 0.1) is 0 Å². The van der Waals surface area contributed by atoms with Crippen molar-refractivity contribution >= 4 is 29.6 Å². The number of carboxylic acid groups (broad SMARTS) is 1. The third-order valence-electron chi connectivity index (χ3n) is 1.96. The lowest BCUT2D eigenvalue weighted by atomic mass is 10.4. The van der Waals surface area contributed by atoms with Gasteiger partial charge in [0.2, 0.25) is 23.6 Å². The fraction of sp³-hybridized carbons (Fsp3) is 0.500. The summed E-state index contributed by atoms with van der Waals surface area (Å²) < 4.78 is 0. The molecule has 0 aliphatic carbocycles. The van der Waals surface area contributed by atoms with Crippen molar-refractivity contribution in [1.29, 1.82) is 0 Å². The number of aliphatic carboxylic acids is 1. The van der Waals surface area contributed by atoms with Gasteiger partial charge in [0.25, 0.3) is 0 Å². The summed E-state index contributed by atoms with van der Waals surface area (Å²) in [6, 6.07) is 0. The van der Waals surface area contributed by atoms with Crippen LogP contribution < -0.4 is 16.4 Å². The number of rotatable bonds is 8. The molecule has 10 heteroatoms. The molecular formula is C10H16N4O6. The van der Waals surface area contributed by atoms with Gasteiger partial charge in [-0.3, -0.25) is 24.0 Å². The van der Waals surface area contributed by atoms with Crippen molar-refractivity contribution in [2.24, 2.45) is 5.73 Å². The summed E-state index contributed by atoms with van der Waals surface area (Å²) in [5.41, 5.74) is 4.82. The summed E-state index contributed by atoms with van der Waals surface area (Å²) >= 11 is 0. The molecule has 0 aliphatic rings. The zero-order valence-corrected chi connectivity index (χ0v) is 10.8. The minimum absolute atomic E-state index is 0.417. The van der Waals surface area contributed by atoms with Crippen LogP contribution in [0.1, 0.15) is 6.92 Å². The first-order valence-corrected chi connectivity index (χ1v) is 5.51. The first kappa shape index (κ1) is 17.4. The normalized spacial score (nSPS) is 9.45. The molecule has 0 aromatic heterocycles. The molecule has 0 heterocycles. The largest absolute Gasteiger partial charge is 0.480 e. The summed E-state index contributed by atoms with van der Waals surface area (Å²) in [7, 11) is 0. The van der Waals surface area contributed by atoms with Crippen molar-refractivity contribution in [2.45, 2.75) is 6.92 Å². The van der Waals surface area contributed by atoms with Gasteiger partial charge in [-0.05, 0) is 0 Å². The molecule has 10 nitrogen and oxygen atoms in total. The molecule has 20 heavy (non-hydrogen) atoms. The van der Waals surface area contributed by atoms with E-state index in [0.29, 0.717) is 0 Å². The van der Waals surface area contributed by atoms with Gasteiger partial charge in [-0.25, -0.2) is 0 Å². The molecule has 0 saturated carbocycles. The molecule has 0 rings (SSSR count). The van der Waals surface area contributed by atoms with Crippen LogP contribution in [0.4, 0.5) is 0 Å². The van der Waals surface area contributed by atoms with E-state index in [4.69, 9.17) is 10.8 Å². The van der Waals surface area contributed by atoms with Crippen LogP contribution in [0.3, 0.4) is 0 Å². The van der Waals surface area contributed by atoms with E-state index in [1.54, 1.807) is 0 Å². The van der Waals surface area contributed by atoms with Crippen LogP contribution >= 0.6 is 0 Å². The molecular weight excluding hydrogens is 272 g/mol. The molecule has 0 spiro atoms. The van der Waals surface area contributed by atoms with E-state index in [2.05, 4.69) is 10.6 Å². The minimum Gasteiger partial charge on any atom is -0.480 e. The highest BCUT2D eigenvalue weighted by Crippen LogP contribution is 1.90. The number of carbonyl (C=O) groups is 5. The molecule has 0 aromatic carbocycles. The van der Waals surface area contributed by atoms with E-state index in [9.17, 15) is 24.0 Å². The molecule has 0 atom stereocenters. The minimum atomic E-state index is -1.32. The van der Waals surface area contributed by atoms with Crippen molar-refractivity contribution in [1.82, 2.24) is 15.5 Å². The number of nitrogens with two attached hydrogens (primary N) is 1. The number of nitrogens with one attached hydrogen (secondary N) is 2. The predicted octanol–water partition coefficient (Wildman–Crippen LogP) is -3.36. The van der Waals surface area contributed by atoms with Crippen molar-refractivity contribution < 1.29 is 29.1 Å². The third kappa shape index (κ3) is 8.44. The SMILES string of the molecule is CC(=O)NCC(=O)N(CC(=O)O)CC(=O)NCC(N)=O. The second-order valence-electron chi connectivity index (χ2n) is 3.80. The molecule has 0 saturated heterocycles. The summed E-state index contributed by atoms with van der Waals surface area (Å²) in [6.07, 6.45) is 0. The predicted molar refractivity (Wildman–Crippen MR) is 65.1 cm³/mol. The fourth-order valence-corrected chi connectivity index (χ4v) is 1.12. The average Bonchev–Trinajstić information content (AvgIpc) is 2.32. The van der Waals surface area contributed by atoms with Gasteiger partial charge in [0.15, 0.2) is 0 Å². The van der Waals surface area contributed by atoms with E-state index < -0.39 is 55.8 Å². The molecule has 5 N–H and O–H groups in total. The Bertz CT molecular complexity index is 422. The quantitative estimate of drug-likeness (QED) is 0.365. The molecule has 0 bridgehead atoms. The number of hydrogen-bond donors (Lipinski definition) is 4. The molecule has 0 aromatic rings. The van der Waals surface area contributed by atoms with E-state index >= 15 is 0 Å². The van der Waals surface area contributed by atoms with Gasteiger partial charge in [0, 0.05) is 6.92 Å². The number of hydrogen-bond acceptors (Lipinski definition) is 5. The van der Waals surface area contributed by atoms with Crippen molar-refractivity contribution in [3.05, 3.63) is 0 Å². The van der Waals surface area contributed by atoms with Crippen LogP contribution in [-0.4, -0.2) is 65.8 Å². The summed E-state index contributed by atoms with van der Waals surface area (Å²) in [6.45, 7) is -0.917. The van der Waals surface area contributed by atoms with Gasteiger partial charge in [-0.2, -0.15) is 0 Å². The lowest BCUT2D eigenvalue weighted by Gasteiger charge is -2.20. The van der Waals surface area contributed by atoms with Crippen LogP contribution in [0.25, 0.3) is 0 Å². The van der Waals surface area contributed by atoms with Crippen LogP contribution in [0.5, 0.6) is 0 Å². The first-order valence-electron chi connectivity index (χ1n) is 5.51. The number of primary amides is 1. The van der Waals surface area contributed by atoms with E-state index in [1.165, 1.54) is 6.92 Å². The monoisotopic (exact) mass is 288 g/mol. The Kier molecular flexibility index (Phi) is 7.33. The van der Waals surface area contributed by atoms with E-state index in [1.807, 2.05) is 0 Å². The maximum Gasteiger partial charge on any atom is 0.323 e. The van der Waals surface area contributed by atoms with Gasteiger partial charge in [-0.15, -0.1) is 0 Å². The molecule has 112 valence electrons. The lowest BCUT2D eigenvalue weighted by Crippen LogP contribution is -2.47. The standard InChI is InChI=1S/C10H16N4O6/c1-6(15)12-3-9(18)14(5-10(19)20)4-8(17)13-2-7(11)16/h2-5H2,1H3,(H2,11,16)(H,12,15)(H,13,17)(H,19,20). The number of carboxylic acids is 1. The highest BCUT2D eigenvalue weighted by Gasteiger charge is 2.20. The topological polar surface area (TPSA) is 159 Å².